The van der Waals surface area contributed by atoms with E-state index in [0.29, 0.717) is 4.88 Å². The molecule has 0 saturated carbocycles. The van der Waals surface area contributed by atoms with Crippen LogP contribution in [0.25, 0.3) is 15.9 Å². The molecule has 4 rings (SSSR count). The predicted octanol–water partition coefficient (Wildman–Crippen LogP) is 4.30. The highest BCUT2D eigenvalue weighted by atomic mass is 35.5. The zero-order valence-electron chi connectivity index (χ0n) is 15.9. The number of thiophene rings is 1. The van der Waals surface area contributed by atoms with Crippen LogP contribution >= 0.6 is 23.7 Å². The second-order valence-corrected chi connectivity index (χ2v) is 8.25. The summed E-state index contributed by atoms with van der Waals surface area (Å²) >= 11 is 1.43. The fourth-order valence-electron chi connectivity index (χ4n) is 3.81. The van der Waals surface area contributed by atoms with Gasteiger partial charge in [0.1, 0.15) is 10.6 Å². The number of carbonyl (C=O) groups excluding carboxylic acids is 1. The summed E-state index contributed by atoms with van der Waals surface area (Å²) in [5.74, 6) is -0.240. The van der Waals surface area contributed by atoms with E-state index in [4.69, 9.17) is 5.73 Å². The number of nitrogens with two attached hydrogens (primary N) is 1. The zero-order chi connectivity index (χ0) is 19.1. The first-order valence-corrected chi connectivity index (χ1v) is 10.1. The number of hydrogen-bond acceptors (Lipinski definition) is 4. The Labute approximate surface area is 173 Å². The van der Waals surface area contributed by atoms with Gasteiger partial charge < -0.3 is 10.6 Å². The van der Waals surface area contributed by atoms with Gasteiger partial charge in [-0.05, 0) is 63.4 Å². The van der Waals surface area contributed by atoms with Crippen LogP contribution in [0.5, 0.6) is 0 Å². The highest BCUT2D eigenvalue weighted by Crippen LogP contribution is 2.32. The molecule has 0 radical (unpaired) electrons. The Balaban J connectivity index is 0.00000225. The maximum atomic E-state index is 13.3. The van der Waals surface area contributed by atoms with Gasteiger partial charge in [-0.25, -0.2) is 9.07 Å². The molecule has 0 bridgehead atoms. The van der Waals surface area contributed by atoms with E-state index >= 15 is 0 Å². The van der Waals surface area contributed by atoms with Crippen molar-refractivity contribution in [2.45, 2.75) is 45.2 Å². The summed E-state index contributed by atoms with van der Waals surface area (Å²) in [6.07, 6.45) is 3.08. The first-order valence-electron chi connectivity index (χ1n) is 9.27. The van der Waals surface area contributed by atoms with Crippen molar-refractivity contribution in [3.05, 3.63) is 46.7 Å². The van der Waals surface area contributed by atoms with E-state index < -0.39 is 0 Å². The Morgan fingerprint density at radius 1 is 1.32 bits per heavy atom. The quantitative estimate of drug-likeness (QED) is 0.684. The number of hydrogen-bond donors (Lipinski definition) is 1. The topological polar surface area (TPSA) is 64.2 Å². The van der Waals surface area contributed by atoms with Gasteiger partial charge in [0.05, 0.1) is 16.3 Å². The summed E-state index contributed by atoms with van der Waals surface area (Å²) in [6, 6.07) is 8.19. The minimum atomic E-state index is -0.284. The third-order valence-electron chi connectivity index (χ3n) is 5.24. The Kier molecular flexibility index (Phi) is 6.07. The molecule has 0 aliphatic carbocycles. The molecule has 2 N–H and O–H groups in total. The van der Waals surface area contributed by atoms with Crippen LogP contribution in [-0.4, -0.2) is 39.2 Å². The molecule has 2 atom stereocenters. The van der Waals surface area contributed by atoms with E-state index in [1.54, 1.807) is 16.8 Å². The summed E-state index contributed by atoms with van der Waals surface area (Å²) in [5, 5.41) is 5.53. The molecule has 1 aromatic carbocycles. The maximum Gasteiger partial charge on any atom is 0.264 e. The van der Waals surface area contributed by atoms with Crippen molar-refractivity contribution in [1.29, 1.82) is 0 Å². The third kappa shape index (κ3) is 3.66. The average Bonchev–Trinajstić information content (AvgIpc) is 3.23. The number of benzene rings is 1. The van der Waals surface area contributed by atoms with E-state index in [0.717, 1.165) is 47.4 Å². The van der Waals surface area contributed by atoms with E-state index in [1.807, 2.05) is 24.8 Å². The van der Waals surface area contributed by atoms with E-state index in [9.17, 15) is 9.18 Å². The lowest BCUT2D eigenvalue weighted by Crippen LogP contribution is -2.51. The normalized spacial score (nSPS) is 18.1. The molecular formula is C20H24ClFN4OS. The molecule has 1 aliphatic heterocycles. The molecule has 8 heteroatoms. The maximum absolute atomic E-state index is 13.3. The second kappa shape index (κ2) is 8.19. The molecule has 28 heavy (non-hydrogen) atoms. The van der Waals surface area contributed by atoms with Gasteiger partial charge in [-0.1, -0.05) is 0 Å². The SMILES string of the molecule is Cc1nn(-c2ccc(F)cc2)c2sc(C(=O)N3CCCCC3C(C)N)cc12.Cl. The molecule has 1 amide bonds. The standard InChI is InChI=1S/C20H23FN4OS.ClH/c1-12(22)17-5-3-4-10-24(17)19(26)18-11-16-13(2)23-25(20(16)27-18)15-8-6-14(21)7-9-15;/h6-9,11-12,17H,3-5,10,22H2,1-2H3;1H. The number of aromatic nitrogens is 2. The van der Waals surface area contributed by atoms with E-state index in [1.165, 1.54) is 23.5 Å². The number of carbonyl (C=O) groups is 1. The van der Waals surface area contributed by atoms with Gasteiger partial charge in [-0.2, -0.15) is 5.10 Å². The molecule has 0 spiro atoms. The Morgan fingerprint density at radius 3 is 2.71 bits per heavy atom. The summed E-state index contributed by atoms with van der Waals surface area (Å²) in [7, 11) is 0. The highest BCUT2D eigenvalue weighted by molar-refractivity contribution is 7.20. The predicted molar refractivity (Wildman–Crippen MR) is 113 cm³/mol. The summed E-state index contributed by atoms with van der Waals surface area (Å²) in [4.78, 5) is 16.7. The number of rotatable bonds is 3. The van der Waals surface area contributed by atoms with E-state index in [-0.39, 0.29) is 36.2 Å². The molecule has 1 saturated heterocycles. The third-order valence-corrected chi connectivity index (χ3v) is 6.34. The molecular weight excluding hydrogens is 399 g/mol. The fraction of sp³-hybridized carbons (Fsp3) is 0.400. The number of halogens is 2. The molecule has 1 aliphatic rings. The van der Waals surface area contributed by atoms with Gasteiger partial charge in [0.2, 0.25) is 0 Å². The zero-order valence-corrected chi connectivity index (χ0v) is 17.5. The van der Waals surface area contributed by atoms with Crippen LogP contribution in [0.4, 0.5) is 4.39 Å². The Hall–Kier alpha value is -1.96. The smallest absolute Gasteiger partial charge is 0.264 e. The molecule has 150 valence electrons. The number of likely N-dealkylation sites (tertiary alicyclic amines) is 1. The van der Waals surface area contributed by atoms with Crippen molar-refractivity contribution >= 4 is 39.9 Å². The van der Waals surface area contributed by atoms with Gasteiger partial charge in [0.15, 0.2) is 0 Å². The van der Waals surface area contributed by atoms with Crippen molar-refractivity contribution in [3.63, 3.8) is 0 Å². The summed E-state index contributed by atoms with van der Waals surface area (Å²) in [5.41, 5.74) is 7.76. The van der Waals surface area contributed by atoms with Gasteiger partial charge >= 0.3 is 0 Å². The summed E-state index contributed by atoms with van der Waals surface area (Å²) in [6.45, 7) is 4.65. The molecule has 2 aromatic heterocycles. The van der Waals surface area contributed by atoms with Crippen molar-refractivity contribution in [3.8, 4) is 5.69 Å². The monoisotopic (exact) mass is 422 g/mol. The highest BCUT2D eigenvalue weighted by Gasteiger charge is 2.31. The number of aryl methyl sites for hydroxylation is 1. The second-order valence-electron chi connectivity index (χ2n) is 7.22. The van der Waals surface area contributed by atoms with Crippen LogP contribution in [0, 0.1) is 12.7 Å². The van der Waals surface area contributed by atoms with Gasteiger partial charge in [-0.15, -0.1) is 23.7 Å². The largest absolute Gasteiger partial charge is 0.333 e. The summed E-state index contributed by atoms with van der Waals surface area (Å²) < 4.78 is 15.0. The first-order chi connectivity index (χ1) is 13.0. The minimum Gasteiger partial charge on any atom is -0.333 e. The first kappa shape index (κ1) is 20.8. The Bertz CT molecular complexity index is 982. The van der Waals surface area contributed by atoms with E-state index in [2.05, 4.69) is 5.10 Å². The van der Waals surface area contributed by atoms with Gasteiger partial charge in [0, 0.05) is 24.0 Å². The average molecular weight is 423 g/mol. The lowest BCUT2D eigenvalue weighted by Gasteiger charge is -2.37. The van der Waals surface area contributed by atoms with Crippen molar-refractivity contribution < 1.29 is 9.18 Å². The van der Waals surface area contributed by atoms with Crippen LogP contribution in [0.2, 0.25) is 0 Å². The van der Waals surface area contributed by atoms with Gasteiger partial charge in [-0.3, -0.25) is 4.79 Å². The Morgan fingerprint density at radius 2 is 2.04 bits per heavy atom. The molecule has 5 nitrogen and oxygen atoms in total. The van der Waals surface area contributed by atoms with Crippen molar-refractivity contribution in [2.75, 3.05) is 6.54 Å². The molecule has 1 fully saturated rings. The van der Waals surface area contributed by atoms with Crippen LogP contribution in [0.15, 0.2) is 30.3 Å². The number of amides is 1. The molecule has 2 unspecified atom stereocenters. The number of fused-ring (bicyclic) bond motifs is 1. The lowest BCUT2D eigenvalue weighted by molar-refractivity contribution is 0.0589. The van der Waals surface area contributed by atoms with Crippen LogP contribution < -0.4 is 5.73 Å². The van der Waals surface area contributed by atoms with Crippen LogP contribution in [0.3, 0.4) is 0 Å². The van der Waals surface area contributed by atoms with Crippen LogP contribution in [0.1, 0.15) is 41.6 Å². The van der Waals surface area contributed by atoms with Crippen molar-refractivity contribution in [1.82, 2.24) is 14.7 Å². The number of piperidine rings is 1. The van der Waals surface area contributed by atoms with Crippen molar-refractivity contribution in [2.24, 2.45) is 5.73 Å². The minimum absolute atomic E-state index is 0. The lowest BCUT2D eigenvalue weighted by atomic mass is 9.97. The number of nitrogens with zero attached hydrogens (tertiary/aromatic N) is 3. The van der Waals surface area contributed by atoms with Crippen LogP contribution in [-0.2, 0) is 0 Å². The molecule has 3 heterocycles. The fourth-order valence-corrected chi connectivity index (χ4v) is 4.95. The van der Waals surface area contributed by atoms with Gasteiger partial charge in [0.25, 0.3) is 5.91 Å². The molecule has 3 aromatic rings.